The van der Waals surface area contributed by atoms with Crippen molar-refractivity contribution >= 4 is 5.91 Å². The standard InChI is InChI=1S/C15H17FN4O2/c16-10-2-1-3-11(8-10)22-7-6-18-15(21)14-12-9-17-5-4-13(12)19-20-14/h1-3,8,17H,4-7,9H2,(H,18,21)(H,19,20). The van der Waals surface area contributed by atoms with Crippen LogP contribution in [-0.4, -0.2) is 35.8 Å². The lowest BCUT2D eigenvalue weighted by Gasteiger charge is -2.13. The van der Waals surface area contributed by atoms with Crippen LogP contribution in [0.15, 0.2) is 24.3 Å². The summed E-state index contributed by atoms with van der Waals surface area (Å²) in [6, 6.07) is 5.90. The average molecular weight is 304 g/mol. The van der Waals surface area contributed by atoms with Crippen LogP contribution >= 0.6 is 0 Å². The summed E-state index contributed by atoms with van der Waals surface area (Å²) in [4.78, 5) is 12.1. The van der Waals surface area contributed by atoms with E-state index in [2.05, 4.69) is 20.8 Å². The van der Waals surface area contributed by atoms with Crippen molar-refractivity contribution < 1.29 is 13.9 Å². The second-order valence-electron chi connectivity index (χ2n) is 5.02. The summed E-state index contributed by atoms with van der Waals surface area (Å²) in [5.74, 6) is -0.142. The van der Waals surface area contributed by atoms with Crippen molar-refractivity contribution in [1.29, 1.82) is 0 Å². The molecule has 116 valence electrons. The van der Waals surface area contributed by atoms with Crippen molar-refractivity contribution in [2.45, 2.75) is 13.0 Å². The monoisotopic (exact) mass is 304 g/mol. The second kappa shape index (κ2) is 6.57. The topological polar surface area (TPSA) is 79.0 Å². The van der Waals surface area contributed by atoms with Crippen LogP contribution in [0.4, 0.5) is 4.39 Å². The minimum atomic E-state index is -0.350. The summed E-state index contributed by atoms with van der Waals surface area (Å²) in [6.07, 6.45) is 0.846. The average Bonchev–Trinajstić information content (AvgIpc) is 2.95. The molecule has 1 aromatic carbocycles. The molecule has 3 N–H and O–H groups in total. The Labute approximate surface area is 127 Å². The second-order valence-corrected chi connectivity index (χ2v) is 5.02. The fourth-order valence-corrected chi connectivity index (χ4v) is 2.39. The lowest BCUT2D eigenvalue weighted by Crippen LogP contribution is -2.31. The third-order valence-electron chi connectivity index (χ3n) is 3.47. The maximum Gasteiger partial charge on any atom is 0.272 e. The maximum absolute atomic E-state index is 13.0. The molecule has 22 heavy (non-hydrogen) atoms. The van der Waals surface area contributed by atoms with Crippen LogP contribution in [0.1, 0.15) is 21.7 Å². The zero-order valence-corrected chi connectivity index (χ0v) is 12.0. The van der Waals surface area contributed by atoms with Gasteiger partial charge in [-0.25, -0.2) is 4.39 Å². The number of hydrogen-bond acceptors (Lipinski definition) is 4. The maximum atomic E-state index is 13.0. The molecule has 0 atom stereocenters. The molecule has 0 fully saturated rings. The first-order chi connectivity index (χ1) is 10.7. The molecule has 1 amide bonds. The van der Waals surface area contributed by atoms with Gasteiger partial charge in [-0.05, 0) is 12.1 Å². The molecule has 0 saturated heterocycles. The molecule has 0 aliphatic carbocycles. The number of nitrogens with one attached hydrogen (secondary N) is 3. The molecule has 0 radical (unpaired) electrons. The highest BCUT2D eigenvalue weighted by molar-refractivity contribution is 5.94. The van der Waals surface area contributed by atoms with Crippen LogP contribution in [0.2, 0.25) is 0 Å². The Hall–Kier alpha value is -2.41. The first-order valence-corrected chi connectivity index (χ1v) is 7.17. The van der Waals surface area contributed by atoms with E-state index in [1.165, 1.54) is 12.1 Å². The number of amides is 1. The van der Waals surface area contributed by atoms with E-state index >= 15 is 0 Å². The molecule has 0 bridgehead atoms. The Morgan fingerprint density at radius 2 is 2.36 bits per heavy atom. The van der Waals surface area contributed by atoms with Gasteiger partial charge in [0.1, 0.15) is 18.2 Å². The highest BCUT2D eigenvalue weighted by atomic mass is 19.1. The molecular weight excluding hydrogens is 287 g/mol. The summed E-state index contributed by atoms with van der Waals surface area (Å²) < 4.78 is 18.4. The Kier molecular flexibility index (Phi) is 4.34. The Bertz CT molecular complexity index is 671. The number of ether oxygens (including phenoxy) is 1. The van der Waals surface area contributed by atoms with E-state index in [4.69, 9.17) is 4.74 Å². The number of H-pyrrole nitrogens is 1. The predicted octanol–water partition coefficient (Wildman–Crippen LogP) is 1.00. The molecule has 1 aromatic heterocycles. The van der Waals surface area contributed by atoms with Gasteiger partial charge in [0.25, 0.3) is 5.91 Å². The summed E-state index contributed by atoms with van der Waals surface area (Å²) in [6.45, 7) is 2.12. The third-order valence-corrected chi connectivity index (χ3v) is 3.47. The van der Waals surface area contributed by atoms with E-state index in [0.717, 1.165) is 24.2 Å². The number of nitrogens with zero attached hydrogens (tertiary/aromatic N) is 1. The number of hydrogen-bond donors (Lipinski definition) is 3. The van der Waals surface area contributed by atoms with Crippen molar-refractivity contribution in [2.24, 2.45) is 0 Å². The minimum Gasteiger partial charge on any atom is -0.492 e. The predicted molar refractivity (Wildman–Crippen MR) is 78.2 cm³/mol. The molecule has 0 saturated carbocycles. The SMILES string of the molecule is O=C(NCCOc1cccc(F)c1)c1n[nH]c2c1CNCC2. The fraction of sp³-hybridized carbons (Fsp3) is 0.333. The van der Waals surface area contributed by atoms with Crippen LogP contribution in [0.3, 0.4) is 0 Å². The van der Waals surface area contributed by atoms with Crippen molar-refractivity contribution in [3.63, 3.8) is 0 Å². The third kappa shape index (κ3) is 3.25. The summed E-state index contributed by atoms with van der Waals surface area (Å²) in [7, 11) is 0. The van der Waals surface area contributed by atoms with Gasteiger partial charge in [-0.15, -0.1) is 0 Å². The number of aromatic amines is 1. The van der Waals surface area contributed by atoms with E-state index in [0.29, 0.717) is 24.5 Å². The quantitative estimate of drug-likeness (QED) is 0.720. The van der Waals surface area contributed by atoms with Crippen molar-refractivity contribution in [3.8, 4) is 5.75 Å². The van der Waals surface area contributed by atoms with Crippen LogP contribution in [0.5, 0.6) is 5.75 Å². The molecule has 1 aliphatic heterocycles. The minimum absolute atomic E-state index is 0.232. The zero-order chi connectivity index (χ0) is 15.4. The Morgan fingerprint density at radius 3 is 3.23 bits per heavy atom. The molecule has 2 heterocycles. The number of halogens is 1. The summed E-state index contributed by atoms with van der Waals surface area (Å²) in [5.41, 5.74) is 2.36. The number of aromatic nitrogens is 2. The highest BCUT2D eigenvalue weighted by Crippen LogP contribution is 2.15. The number of fused-ring (bicyclic) bond motifs is 1. The molecule has 2 aromatic rings. The Morgan fingerprint density at radius 1 is 1.45 bits per heavy atom. The van der Waals surface area contributed by atoms with E-state index in [1.807, 2.05) is 0 Å². The van der Waals surface area contributed by atoms with E-state index in [1.54, 1.807) is 12.1 Å². The molecule has 7 heteroatoms. The summed E-state index contributed by atoms with van der Waals surface area (Å²) in [5, 5.41) is 13.0. The zero-order valence-electron chi connectivity index (χ0n) is 12.0. The number of benzene rings is 1. The lowest BCUT2D eigenvalue weighted by molar-refractivity contribution is 0.0940. The van der Waals surface area contributed by atoms with Gasteiger partial charge in [0.2, 0.25) is 0 Å². The lowest BCUT2D eigenvalue weighted by atomic mass is 10.1. The van der Waals surface area contributed by atoms with Gasteiger partial charge in [0.05, 0.1) is 6.54 Å². The summed E-state index contributed by atoms with van der Waals surface area (Å²) >= 11 is 0. The fourth-order valence-electron chi connectivity index (χ4n) is 2.39. The first kappa shape index (κ1) is 14.5. The van der Waals surface area contributed by atoms with Crippen LogP contribution in [0, 0.1) is 5.82 Å². The van der Waals surface area contributed by atoms with Gasteiger partial charge in [-0.2, -0.15) is 5.10 Å². The van der Waals surface area contributed by atoms with Crippen molar-refractivity contribution in [2.75, 3.05) is 19.7 Å². The normalized spacial score (nSPS) is 13.5. The number of carbonyl (C=O) groups is 1. The first-order valence-electron chi connectivity index (χ1n) is 7.17. The van der Waals surface area contributed by atoms with E-state index < -0.39 is 0 Å². The molecule has 3 rings (SSSR count). The number of carbonyl (C=O) groups excluding carboxylic acids is 1. The number of rotatable bonds is 5. The molecular formula is C15H17FN4O2. The van der Waals surface area contributed by atoms with Gasteiger partial charge in [0.15, 0.2) is 5.69 Å². The smallest absolute Gasteiger partial charge is 0.272 e. The van der Waals surface area contributed by atoms with Gasteiger partial charge in [-0.3, -0.25) is 9.89 Å². The van der Waals surface area contributed by atoms with Crippen LogP contribution in [0.25, 0.3) is 0 Å². The van der Waals surface area contributed by atoms with Gasteiger partial charge in [0, 0.05) is 36.8 Å². The van der Waals surface area contributed by atoms with Crippen molar-refractivity contribution in [3.05, 3.63) is 47.0 Å². The largest absolute Gasteiger partial charge is 0.492 e. The highest BCUT2D eigenvalue weighted by Gasteiger charge is 2.21. The van der Waals surface area contributed by atoms with Crippen LogP contribution < -0.4 is 15.4 Å². The van der Waals surface area contributed by atoms with Gasteiger partial charge < -0.3 is 15.4 Å². The van der Waals surface area contributed by atoms with Gasteiger partial charge in [-0.1, -0.05) is 6.07 Å². The van der Waals surface area contributed by atoms with Crippen molar-refractivity contribution in [1.82, 2.24) is 20.8 Å². The van der Waals surface area contributed by atoms with E-state index in [9.17, 15) is 9.18 Å². The molecule has 0 spiro atoms. The Balaban J connectivity index is 1.49. The van der Waals surface area contributed by atoms with Crippen LogP contribution in [-0.2, 0) is 13.0 Å². The molecule has 1 aliphatic rings. The van der Waals surface area contributed by atoms with E-state index in [-0.39, 0.29) is 18.3 Å². The molecule has 0 unspecified atom stereocenters. The van der Waals surface area contributed by atoms with Gasteiger partial charge >= 0.3 is 0 Å². The molecule has 6 nitrogen and oxygen atoms in total.